The van der Waals surface area contributed by atoms with E-state index in [1.165, 1.54) is 0 Å². The van der Waals surface area contributed by atoms with Crippen LogP contribution in [0.15, 0.2) is 176 Å². The molecule has 0 unspecified atom stereocenters. The van der Waals surface area contributed by atoms with Crippen LogP contribution in [0.3, 0.4) is 0 Å². The van der Waals surface area contributed by atoms with Crippen molar-refractivity contribution in [3.05, 3.63) is 198 Å². The summed E-state index contributed by atoms with van der Waals surface area (Å²) >= 11 is 0. The Kier molecular flexibility index (Phi) is 12.0. The van der Waals surface area contributed by atoms with Gasteiger partial charge in [0.2, 0.25) is 0 Å². The number of rotatable bonds is 14. The van der Waals surface area contributed by atoms with Crippen LogP contribution in [0.5, 0.6) is 11.5 Å². The lowest BCUT2D eigenvalue weighted by Crippen LogP contribution is -2.11. The third kappa shape index (κ3) is 9.58. The standard InChI is InChI=1S/C47H36N4O5/c1-4-46(52)55-44-27-23-40(24-28-44)50(3)39-17-9-34(10-18-39)5-6-35-11-19-41(20-12-35)51(43-25-29-45(30-26-43)56-47(53)33(2)32-48)42-21-13-37(14-22-42)31-36-7-15-38(49-54)16-8-36/h4-30H,1-2,31H2,3H3. The molecule has 56 heavy (non-hydrogen) atoms. The average Bonchev–Trinajstić information content (AvgIpc) is 3.24. The molecule has 0 aromatic heterocycles. The van der Waals surface area contributed by atoms with Crippen molar-refractivity contribution in [3.63, 3.8) is 0 Å². The maximum Gasteiger partial charge on any atom is 0.353 e. The van der Waals surface area contributed by atoms with Crippen LogP contribution in [0, 0.1) is 16.2 Å². The average molecular weight is 737 g/mol. The van der Waals surface area contributed by atoms with E-state index >= 15 is 0 Å². The number of esters is 2. The number of carbonyl (C=O) groups excluding carboxylic acids is 2. The van der Waals surface area contributed by atoms with Crippen LogP contribution in [0.25, 0.3) is 12.2 Å². The molecule has 0 saturated heterocycles. The Morgan fingerprint density at radius 1 is 0.643 bits per heavy atom. The summed E-state index contributed by atoms with van der Waals surface area (Å²) in [7, 11) is 1.97. The first-order valence-electron chi connectivity index (χ1n) is 17.5. The molecule has 274 valence electrons. The monoisotopic (exact) mass is 736 g/mol. The normalized spacial score (nSPS) is 10.6. The third-order valence-corrected chi connectivity index (χ3v) is 8.84. The van der Waals surface area contributed by atoms with Gasteiger partial charge in [-0.25, -0.2) is 9.59 Å². The van der Waals surface area contributed by atoms with Gasteiger partial charge in [-0.2, -0.15) is 5.26 Å². The van der Waals surface area contributed by atoms with Crippen LogP contribution in [0.2, 0.25) is 0 Å². The van der Waals surface area contributed by atoms with Crippen molar-refractivity contribution < 1.29 is 19.1 Å². The lowest BCUT2D eigenvalue weighted by atomic mass is 10.0. The van der Waals surface area contributed by atoms with E-state index in [1.54, 1.807) is 42.5 Å². The van der Waals surface area contributed by atoms with Gasteiger partial charge in [-0.3, -0.25) is 0 Å². The molecule has 0 radical (unpaired) electrons. The fraction of sp³-hybridized carbons (Fsp3) is 0.0426. The molecule has 0 bridgehead atoms. The second-order valence-electron chi connectivity index (χ2n) is 12.6. The lowest BCUT2D eigenvalue weighted by molar-refractivity contribution is -0.130. The molecule has 0 N–H and O–H groups in total. The summed E-state index contributed by atoms with van der Waals surface area (Å²) in [6.07, 6.45) is 5.94. The third-order valence-electron chi connectivity index (χ3n) is 8.84. The Hall–Kier alpha value is -7.83. The summed E-state index contributed by atoms with van der Waals surface area (Å²) in [5, 5.41) is 12.0. The van der Waals surface area contributed by atoms with Gasteiger partial charge in [0.15, 0.2) is 0 Å². The SMILES string of the molecule is C=CC(=O)Oc1ccc(N(C)c2ccc(C=Cc3ccc(N(c4ccc(Cc5ccc(N=O)cc5)cc4)c4ccc(OC(=O)C(=C)C#N)cc4)cc3)cc2)cc1. The summed E-state index contributed by atoms with van der Waals surface area (Å²) in [6.45, 7) is 6.85. The van der Waals surface area contributed by atoms with E-state index in [1.807, 2.05) is 96.9 Å². The van der Waals surface area contributed by atoms with Crippen LogP contribution >= 0.6 is 0 Å². The van der Waals surface area contributed by atoms with Gasteiger partial charge in [0.25, 0.3) is 0 Å². The van der Waals surface area contributed by atoms with Gasteiger partial charge in [0.1, 0.15) is 28.8 Å². The number of benzene rings is 6. The van der Waals surface area contributed by atoms with E-state index in [4.69, 9.17) is 14.7 Å². The number of hydrogen-bond acceptors (Lipinski definition) is 9. The van der Waals surface area contributed by atoms with Crippen molar-refractivity contribution in [2.45, 2.75) is 6.42 Å². The number of nitriles is 1. The predicted octanol–water partition coefficient (Wildman–Crippen LogP) is 11.2. The zero-order valence-corrected chi connectivity index (χ0v) is 30.5. The highest BCUT2D eigenvalue weighted by Gasteiger charge is 2.15. The number of ether oxygens (including phenoxy) is 2. The highest BCUT2D eigenvalue weighted by atomic mass is 16.5. The summed E-state index contributed by atoms with van der Waals surface area (Å²) in [6, 6.07) is 47.9. The van der Waals surface area contributed by atoms with Gasteiger partial charge >= 0.3 is 11.9 Å². The summed E-state index contributed by atoms with van der Waals surface area (Å²) in [4.78, 5) is 38.6. The number of carbonyl (C=O) groups is 2. The Morgan fingerprint density at radius 3 is 1.52 bits per heavy atom. The quantitative estimate of drug-likeness (QED) is 0.0271. The Morgan fingerprint density at radius 2 is 1.05 bits per heavy atom. The van der Waals surface area contributed by atoms with Crippen molar-refractivity contribution in [3.8, 4) is 17.6 Å². The number of hydrogen-bond donors (Lipinski definition) is 0. The Labute approximate surface area is 325 Å². The van der Waals surface area contributed by atoms with Gasteiger partial charge in [-0.05, 0) is 131 Å². The minimum Gasteiger partial charge on any atom is -0.423 e. The molecule has 6 rings (SSSR count). The zero-order chi connectivity index (χ0) is 39.4. The van der Waals surface area contributed by atoms with Crippen LogP contribution < -0.4 is 19.3 Å². The largest absolute Gasteiger partial charge is 0.423 e. The molecule has 0 fully saturated rings. The van der Waals surface area contributed by atoms with Gasteiger partial charge in [-0.15, -0.1) is 4.91 Å². The molecule has 0 atom stereocenters. The Bertz CT molecular complexity index is 2410. The minimum atomic E-state index is -0.797. The van der Waals surface area contributed by atoms with Crippen LogP contribution in [-0.2, 0) is 16.0 Å². The first kappa shape index (κ1) is 37.9. The lowest BCUT2D eigenvalue weighted by Gasteiger charge is -2.26. The van der Waals surface area contributed by atoms with E-state index in [0.717, 1.165) is 56.8 Å². The number of anilines is 5. The fourth-order valence-corrected chi connectivity index (χ4v) is 5.78. The molecular weight excluding hydrogens is 701 g/mol. The maximum absolute atomic E-state index is 12.1. The summed E-state index contributed by atoms with van der Waals surface area (Å²) in [5.41, 5.74) is 8.93. The molecule has 0 aliphatic rings. The van der Waals surface area contributed by atoms with Crippen LogP contribution in [-0.4, -0.2) is 19.0 Å². The molecule has 0 spiro atoms. The highest BCUT2D eigenvalue weighted by Crippen LogP contribution is 2.36. The van der Waals surface area contributed by atoms with Crippen molar-refractivity contribution in [2.75, 3.05) is 16.8 Å². The van der Waals surface area contributed by atoms with E-state index in [0.29, 0.717) is 23.6 Å². The fourth-order valence-electron chi connectivity index (χ4n) is 5.78. The van der Waals surface area contributed by atoms with Crippen molar-refractivity contribution >= 4 is 58.2 Å². The smallest absolute Gasteiger partial charge is 0.353 e. The highest BCUT2D eigenvalue weighted by molar-refractivity contribution is 5.93. The molecule has 0 aliphatic carbocycles. The van der Waals surface area contributed by atoms with Gasteiger partial charge in [0, 0.05) is 41.6 Å². The molecule has 6 aromatic carbocycles. The first-order chi connectivity index (χ1) is 27.2. The second-order valence-corrected chi connectivity index (χ2v) is 12.6. The first-order valence-corrected chi connectivity index (χ1v) is 17.5. The molecule has 6 aromatic rings. The molecule has 0 aliphatic heterocycles. The van der Waals surface area contributed by atoms with Crippen LogP contribution in [0.4, 0.5) is 34.1 Å². The molecular formula is C47H36N4O5. The predicted molar refractivity (Wildman–Crippen MR) is 222 cm³/mol. The second kappa shape index (κ2) is 17.8. The van der Waals surface area contributed by atoms with Crippen molar-refractivity contribution in [1.82, 2.24) is 0 Å². The maximum atomic E-state index is 12.1. The van der Waals surface area contributed by atoms with Gasteiger partial charge in [-0.1, -0.05) is 73.8 Å². The summed E-state index contributed by atoms with van der Waals surface area (Å²) in [5.74, 6) is -0.547. The zero-order valence-electron chi connectivity index (χ0n) is 30.5. The molecule has 9 nitrogen and oxygen atoms in total. The molecule has 9 heteroatoms. The van der Waals surface area contributed by atoms with E-state index < -0.39 is 11.9 Å². The van der Waals surface area contributed by atoms with Gasteiger partial charge < -0.3 is 19.3 Å². The van der Waals surface area contributed by atoms with E-state index in [-0.39, 0.29) is 5.57 Å². The number of nitrogens with zero attached hydrogens (tertiary/aromatic N) is 4. The summed E-state index contributed by atoms with van der Waals surface area (Å²) < 4.78 is 10.5. The minimum absolute atomic E-state index is 0.278. The Balaban J connectivity index is 1.18. The van der Waals surface area contributed by atoms with Crippen molar-refractivity contribution in [2.24, 2.45) is 5.18 Å². The van der Waals surface area contributed by atoms with Crippen molar-refractivity contribution in [1.29, 1.82) is 5.26 Å². The molecule has 0 amide bonds. The van der Waals surface area contributed by atoms with Crippen LogP contribution in [0.1, 0.15) is 22.3 Å². The molecule has 0 heterocycles. The topological polar surface area (TPSA) is 112 Å². The van der Waals surface area contributed by atoms with Gasteiger partial charge in [0.05, 0.1) is 0 Å². The molecule has 0 saturated carbocycles. The van der Waals surface area contributed by atoms with E-state index in [9.17, 15) is 14.5 Å². The number of nitroso groups, excluding NO2 is 1. The van der Waals surface area contributed by atoms with E-state index in [2.05, 4.69) is 59.7 Å².